The SMILES string of the molecule is O=C(Cc1ccc2c(c1)CCC2)N(Cc1cccs1)CC1CCCO1. The van der Waals surface area contributed by atoms with Crippen molar-refractivity contribution in [2.45, 2.75) is 51.2 Å². The van der Waals surface area contributed by atoms with Crippen LogP contribution in [-0.4, -0.2) is 30.1 Å². The molecule has 4 rings (SSSR count). The normalized spacial score (nSPS) is 19.1. The molecular formula is C21H25NO2S. The smallest absolute Gasteiger partial charge is 0.227 e. The number of thiophene rings is 1. The molecular weight excluding hydrogens is 330 g/mol. The summed E-state index contributed by atoms with van der Waals surface area (Å²) in [6.07, 6.45) is 6.45. The van der Waals surface area contributed by atoms with Crippen LogP contribution in [0.4, 0.5) is 0 Å². The molecule has 4 heteroatoms. The third kappa shape index (κ3) is 4.13. The van der Waals surface area contributed by atoms with Gasteiger partial charge in [0.25, 0.3) is 0 Å². The minimum atomic E-state index is 0.198. The van der Waals surface area contributed by atoms with E-state index in [4.69, 9.17) is 4.74 Å². The lowest BCUT2D eigenvalue weighted by Crippen LogP contribution is -2.37. The Morgan fingerprint density at radius 2 is 2.12 bits per heavy atom. The first-order valence-electron chi connectivity index (χ1n) is 9.30. The topological polar surface area (TPSA) is 29.5 Å². The summed E-state index contributed by atoms with van der Waals surface area (Å²) in [5.74, 6) is 0.210. The molecule has 1 fully saturated rings. The Morgan fingerprint density at radius 3 is 2.92 bits per heavy atom. The summed E-state index contributed by atoms with van der Waals surface area (Å²) < 4.78 is 5.77. The van der Waals surface area contributed by atoms with Crippen molar-refractivity contribution >= 4 is 17.2 Å². The predicted molar refractivity (Wildman–Crippen MR) is 101 cm³/mol. The summed E-state index contributed by atoms with van der Waals surface area (Å²) in [5.41, 5.74) is 4.05. The first-order chi connectivity index (χ1) is 12.3. The summed E-state index contributed by atoms with van der Waals surface area (Å²) in [5, 5.41) is 2.07. The van der Waals surface area contributed by atoms with Crippen LogP contribution in [0.3, 0.4) is 0 Å². The Hall–Kier alpha value is -1.65. The van der Waals surface area contributed by atoms with Gasteiger partial charge < -0.3 is 9.64 Å². The molecule has 2 aromatic rings. The molecule has 1 aliphatic carbocycles. The molecule has 0 spiro atoms. The fraction of sp³-hybridized carbons (Fsp3) is 0.476. The molecule has 1 saturated heterocycles. The predicted octanol–water partition coefficient (Wildman–Crippen LogP) is 3.99. The number of amides is 1. The number of benzene rings is 1. The van der Waals surface area contributed by atoms with Gasteiger partial charge in [0.1, 0.15) is 0 Å². The van der Waals surface area contributed by atoms with E-state index >= 15 is 0 Å². The molecule has 1 aromatic heterocycles. The molecule has 0 bridgehead atoms. The fourth-order valence-corrected chi connectivity index (χ4v) is 4.62. The molecule has 2 aliphatic rings. The first kappa shape index (κ1) is 16.8. The number of nitrogens with zero attached hydrogens (tertiary/aromatic N) is 1. The number of ether oxygens (including phenoxy) is 1. The zero-order valence-electron chi connectivity index (χ0n) is 14.6. The van der Waals surface area contributed by atoms with Crippen LogP contribution < -0.4 is 0 Å². The standard InChI is InChI=1S/C21H25NO2S/c23-21(13-16-8-9-17-4-1-5-18(17)12-16)22(14-19-6-2-10-24-19)15-20-7-3-11-25-20/h3,7-9,11-12,19H,1-2,4-6,10,13-15H2. The van der Waals surface area contributed by atoms with Gasteiger partial charge in [-0.1, -0.05) is 24.3 Å². The lowest BCUT2D eigenvalue weighted by Gasteiger charge is -2.25. The van der Waals surface area contributed by atoms with Gasteiger partial charge >= 0.3 is 0 Å². The summed E-state index contributed by atoms with van der Waals surface area (Å²) in [6.45, 7) is 2.24. The average molecular weight is 356 g/mol. The van der Waals surface area contributed by atoms with Crippen molar-refractivity contribution in [2.75, 3.05) is 13.2 Å². The van der Waals surface area contributed by atoms with Gasteiger partial charge in [-0.3, -0.25) is 4.79 Å². The van der Waals surface area contributed by atoms with Crippen LogP contribution in [0.5, 0.6) is 0 Å². The van der Waals surface area contributed by atoms with E-state index < -0.39 is 0 Å². The third-order valence-corrected chi connectivity index (χ3v) is 6.11. The molecule has 2 heterocycles. The number of hydrogen-bond donors (Lipinski definition) is 0. The second-order valence-electron chi connectivity index (χ2n) is 7.12. The molecule has 1 aliphatic heterocycles. The van der Waals surface area contributed by atoms with Crippen LogP contribution >= 0.6 is 11.3 Å². The Labute approximate surface area is 153 Å². The number of carbonyl (C=O) groups is 1. The molecule has 1 aromatic carbocycles. The van der Waals surface area contributed by atoms with Crippen molar-refractivity contribution in [1.29, 1.82) is 0 Å². The van der Waals surface area contributed by atoms with Gasteiger partial charge in [0, 0.05) is 18.0 Å². The maximum Gasteiger partial charge on any atom is 0.227 e. The van der Waals surface area contributed by atoms with E-state index in [0.717, 1.165) is 31.4 Å². The number of carbonyl (C=O) groups excluding carboxylic acids is 1. The van der Waals surface area contributed by atoms with Gasteiger partial charge in [-0.2, -0.15) is 0 Å². The number of fused-ring (bicyclic) bond motifs is 1. The van der Waals surface area contributed by atoms with E-state index in [2.05, 4.69) is 35.7 Å². The van der Waals surface area contributed by atoms with Crippen LogP contribution in [-0.2, 0) is 35.3 Å². The van der Waals surface area contributed by atoms with E-state index in [-0.39, 0.29) is 12.0 Å². The van der Waals surface area contributed by atoms with E-state index in [1.165, 1.54) is 28.8 Å². The number of hydrogen-bond acceptors (Lipinski definition) is 3. The highest BCUT2D eigenvalue weighted by molar-refractivity contribution is 7.09. The molecule has 0 radical (unpaired) electrons. The minimum absolute atomic E-state index is 0.198. The van der Waals surface area contributed by atoms with Crippen molar-refractivity contribution in [3.05, 3.63) is 57.3 Å². The van der Waals surface area contributed by atoms with E-state index in [0.29, 0.717) is 19.5 Å². The third-order valence-electron chi connectivity index (χ3n) is 5.25. The van der Waals surface area contributed by atoms with Gasteiger partial charge in [-0.05, 0) is 60.2 Å². The van der Waals surface area contributed by atoms with Gasteiger partial charge in [-0.25, -0.2) is 0 Å². The highest BCUT2D eigenvalue weighted by Gasteiger charge is 2.23. The second kappa shape index (κ2) is 7.71. The zero-order valence-corrected chi connectivity index (χ0v) is 15.4. The monoisotopic (exact) mass is 355 g/mol. The highest BCUT2D eigenvalue weighted by atomic mass is 32.1. The summed E-state index contributed by atoms with van der Waals surface area (Å²) in [6, 6.07) is 10.8. The minimum Gasteiger partial charge on any atom is -0.376 e. The van der Waals surface area contributed by atoms with Crippen molar-refractivity contribution in [3.8, 4) is 0 Å². The van der Waals surface area contributed by atoms with Crippen LogP contribution in [0, 0.1) is 0 Å². The van der Waals surface area contributed by atoms with Gasteiger partial charge in [0.2, 0.25) is 5.91 Å². The number of aryl methyl sites for hydroxylation is 2. The van der Waals surface area contributed by atoms with E-state index in [1.807, 2.05) is 4.90 Å². The van der Waals surface area contributed by atoms with Crippen LogP contribution in [0.15, 0.2) is 35.7 Å². The van der Waals surface area contributed by atoms with Crippen molar-refractivity contribution in [1.82, 2.24) is 4.90 Å². The molecule has 25 heavy (non-hydrogen) atoms. The van der Waals surface area contributed by atoms with Crippen molar-refractivity contribution in [3.63, 3.8) is 0 Å². The second-order valence-corrected chi connectivity index (χ2v) is 8.15. The first-order valence-corrected chi connectivity index (χ1v) is 10.2. The van der Waals surface area contributed by atoms with E-state index in [9.17, 15) is 4.79 Å². The van der Waals surface area contributed by atoms with Crippen LogP contribution in [0.25, 0.3) is 0 Å². The molecule has 1 atom stereocenters. The largest absolute Gasteiger partial charge is 0.376 e. The molecule has 1 unspecified atom stereocenters. The molecule has 0 N–H and O–H groups in total. The molecule has 1 amide bonds. The van der Waals surface area contributed by atoms with Gasteiger partial charge in [0.15, 0.2) is 0 Å². The van der Waals surface area contributed by atoms with Crippen LogP contribution in [0.2, 0.25) is 0 Å². The molecule has 0 saturated carbocycles. The lowest BCUT2D eigenvalue weighted by molar-refractivity contribution is -0.132. The van der Waals surface area contributed by atoms with E-state index in [1.54, 1.807) is 11.3 Å². The average Bonchev–Trinajstić information content (AvgIpc) is 3.36. The molecule has 132 valence electrons. The lowest BCUT2D eigenvalue weighted by atomic mass is 10.0. The Bertz CT molecular complexity index is 720. The van der Waals surface area contributed by atoms with Crippen molar-refractivity contribution < 1.29 is 9.53 Å². The summed E-state index contributed by atoms with van der Waals surface area (Å²) >= 11 is 1.71. The fourth-order valence-electron chi connectivity index (χ4n) is 3.90. The Morgan fingerprint density at radius 1 is 1.20 bits per heavy atom. The summed E-state index contributed by atoms with van der Waals surface area (Å²) in [7, 11) is 0. The van der Waals surface area contributed by atoms with Gasteiger partial charge in [-0.15, -0.1) is 11.3 Å². The van der Waals surface area contributed by atoms with Crippen LogP contribution in [0.1, 0.15) is 40.8 Å². The maximum atomic E-state index is 13.0. The van der Waals surface area contributed by atoms with Crippen molar-refractivity contribution in [2.24, 2.45) is 0 Å². The molecule has 3 nitrogen and oxygen atoms in total. The quantitative estimate of drug-likeness (QED) is 0.784. The van der Waals surface area contributed by atoms with Gasteiger partial charge in [0.05, 0.1) is 19.1 Å². The Balaban J connectivity index is 1.46. The maximum absolute atomic E-state index is 13.0. The Kier molecular flexibility index (Phi) is 5.18. The zero-order chi connectivity index (χ0) is 17.1. The highest BCUT2D eigenvalue weighted by Crippen LogP contribution is 2.24. The summed E-state index contributed by atoms with van der Waals surface area (Å²) in [4.78, 5) is 16.2. The number of rotatable bonds is 6.